The first-order valence-corrected chi connectivity index (χ1v) is 9.02. The number of benzene rings is 1. The lowest BCUT2D eigenvalue weighted by atomic mass is 9.85. The van der Waals surface area contributed by atoms with Crippen molar-refractivity contribution in [3.8, 4) is 0 Å². The van der Waals surface area contributed by atoms with E-state index in [1.807, 2.05) is 13.8 Å². The summed E-state index contributed by atoms with van der Waals surface area (Å²) in [6.07, 6.45) is 3.34. The summed E-state index contributed by atoms with van der Waals surface area (Å²) in [7, 11) is 0. The molecule has 1 aromatic carbocycles. The standard InChI is InChI=1S/C18H24N4S/c1-12(2)21-18(19)20-11-17-22-15-9-8-14(10-16(15)23-17)13-6-4-3-5-7-13/h3-7,12,14H,8-11H2,1-2H3,(H3,19,20,21). The molecule has 3 N–H and O–H groups in total. The minimum Gasteiger partial charge on any atom is -0.370 e. The van der Waals surface area contributed by atoms with E-state index in [1.165, 1.54) is 22.6 Å². The van der Waals surface area contributed by atoms with Gasteiger partial charge < -0.3 is 11.1 Å². The SMILES string of the molecule is CC(C)NC(N)=NCc1nc2c(s1)CC(c1ccccc1)CC2. The Hall–Kier alpha value is -1.88. The molecule has 122 valence electrons. The lowest BCUT2D eigenvalue weighted by molar-refractivity contribution is 0.584. The molecule has 1 atom stereocenters. The molecule has 0 bridgehead atoms. The zero-order valence-electron chi connectivity index (χ0n) is 13.7. The Balaban J connectivity index is 1.67. The van der Waals surface area contributed by atoms with Crippen molar-refractivity contribution in [3.63, 3.8) is 0 Å². The zero-order valence-corrected chi connectivity index (χ0v) is 14.6. The highest BCUT2D eigenvalue weighted by molar-refractivity contribution is 7.11. The molecule has 1 aliphatic carbocycles. The fraction of sp³-hybridized carbons (Fsp3) is 0.444. The van der Waals surface area contributed by atoms with Gasteiger partial charge in [0.15, 0.2) is 5.96 Å². The topological polar surface area (TPSA) is 63.3 Å². The molecular weight excluding hydrogens is 304 g/mol. The number of hydrogen-bond donors (Lipinski definition) is 2. The second-order valence-electron chi connectivity index (χ2n) is 6.33. The minimum atomic E-state index is 0.301. The van der Waals surface area contributed by atoms with Crippen LogP contribution in [0, 0.1) is 0 Å². The molecule has 1 aromatic heterocycles. The molecular formula is C18H24N4S. The second kappa shape index (κ2) is 7.13. The normalized spacial score (nSPS) is 18.0. The zero-order chi connectivity index (χ0) is 16.2. The third kappa shape index (κ3) is 4.10. The van der Waals surface area contributed by atoms with Crippen molar-refractivity contribution in [2.24, 2.45) is 10.7 Å². The number of guanidine groups is 1. The number of nitrogens with two attached hydrogens (primary N) is 1. The van der Waals surface area contributed by atoms with Crippen molar-refractivity contribution in [3.05, 3.63) is 51.5 Å². The number of aryl methyl sites for hydroxylation is 1. The quantitative estimate of drug-likeness (QED) is 0.669. The lowest BCUT2D eigenvalue weighted by Crippen LogP contribution is -2.36. The average molecular weight is 328 g/mol. The van der Waals surface area contributed by atoms with Gasteiger partial charge in [-0.15, -0.1) is 11.3 Å². The molecule has 0 saturated carbocycles. The molecule has 1 aliphatic rings. The summed E-state index contributed by atoms with van der Waals surface area (Å²) in [5, 5.41) is 4.17. The van der Waals surface area contributed by atoms with Gasteiger partial charge in [0.1, 0.15) is 5.01 Å². The molecule has 0 aliphatic heterocycles. The van der Waals surface area contributed by atoms with Gasteiger partial charge in [-0.05, 0) is 44.6 Å². The van der Waals surface area contributed by atoms with Crippen LogP contribution in [0.25, 0.3) is 0 Å². The van der Waals surface area contributed by atoms with Gasteiger partial charge in [-0.1, -0.05) is 30.3 Å². The maximum absolute atomic E-state index is 5.86. The van der Waals surface area contributed by atoms with Crippen LogP contribution in [-0.2, 0) is 19.4 Å². The predicted molar refractivity (Wildman–Crippen MR) is 96.9 cm³/mol. The molecule has 23 heavy (non-hydrogen) atoms. The number of aliphatic imine (C=N–C) groups is 1. The van der Waals surface area contributed by atoms with Crippen LogP contribution in [0.15, 0.2) is 35.3 Å². The summed E-state index contributed by atoms with van der Waals surface area (Å²) in [5.74, 6) is 1.11. The Morgan fingerprint density at radius 2 is 2.17 bits per heavy atom. The van der Waals surface area contributed by atoms with E-state index in [2.05, 4.69) is 40.6 Å². The smallest absolute Gasteiger partial charge is 0.189 e. The van der Waals surface area contributed by atoms with Gasteiger partial charge in [0.05, 0.1) is 12.2 Å². The first kappa shape index (κ1) is 16.0. The Morgan fingerprint density at radius 1 is 1.39 bits per heavy atom. The lowest BCUT2D eigenvalue weighted by Gasteiger charge is -2.21. The molecule has 4 nitrogen and oxygen atoms in total. The highest BCUT2D eigenvalue weighted by Gasteiger charge is 2.23. The Kier molecular flexibility index (Phi) is 4.96. The van der Waals surface area contributed by atoms with Crippen LogP contribution in [0.1, 0.15) is 47.3 Å². The second-order valence-corrected chi connectivity index (χ2v) is 7.50. The van der Waals surface area contributed by atoms with E-state index >= 15 is 0 Å². The average Bonchev–Trinajstić information content (AvgIpc) is 2.95. The molecule has 1 unspecified atom stereocenters. The van der Waals surface area contributed by atoms with Gasteiger partial charge in [0, 0.05) is 10.9 Å². The van der Waals surface area contributed by atoms with Crippen LogP contribution in [0.4, 0.5) is 0 Å². The van der Waals surface area contributed by atoms with E-state index in [-0.39, 0.29) is 0 Å². The van der Waals surface area contributed by atoms with Crippen molar-refractivity contribution < 1.29 is 0 Å². The molecule has 0 spiro atoms. The monoisotopic (exact) mass is 328 g/mol. The van der Waals surface area contributed by atoms with Crippen LogP contribution in [-0.4, -0.2) is 17.0 Å². The summed E-state index contributed by atoms with van der Waals surface area (Å²) in [4.78, 5) is 10.6. The molecule has 0 saturated heterocycles. The Bertz CT molecular complexity index is 676. The van der Waals surface area contributed by atoms with Crippen molar-refractivity contribution >= 4 is 17.3 Å². The number of rotatable bonds is 4. The Morgan fingerprint density at radius 3 is 2.91 bits per heavy atom. The van der Waals surface area contributed by atoms with Crippen molar-refractivity contribution in [2.75, 3.05) is 0 Å². The molecule has 0 amide bonds. The highest BCUT2D eigenvalue weighted by Crippen LogP contribution is 2.35. The molecule has 5 heteroatoms. The van der Waals surface area contributed by atoms with Gasteiger partial charge in [-0.2, -0.15) is 0 Å². The van der Waals surface area contributed by atoms with Crippen LogP contribution in [0.2, 0.25) is 0 Å². The minimum absolute atomic E-state index is 0.301. The first-order valence-electron chi connectivity index (χ1n) is 8.20. The van der Waals surface area contributed by atoms with Crippen molar-refractivity contribution in [2.45, 2.75) is 51.6 Å². The fourth-order valence-electron chi connectivity index (χ4n) is 3.00. The van der Waals surface area contributed by atoms with Crippen molar-refractivity contribution in [1.29, 1.82) is 0 Å². The van der Waals surface area contributed by atoms with Gasteiger partial charge in [-0.25, -0.2) is 9.98 Å². The van der Waals surface area contributed by atoms with Gasteiger partial charge in [0.2, 0.25) is 0 Å². The molecule has 0 fully saturated rings. The van der Waals surface area contributed by atoms with Gasteiger partial charge in [-0.3, -0.25) is 0 Å². The van der Waals surface area contributed by atoms with Crippen LogP contribution >= 0.6 is 11.3 Å². The summed E-state index contributed by atoms with van der Waals surface area (Å²) in [6, 6.07) is 11.1. The van der Waals surface area contributed by atoms with E-state index < -0.39 is 0 Å². The molecule has 0 radical (unpaired) electrons. The number of aromatic nitrogens is 1. The molecule has 1 heterocycles. The van der Waals surface area contributed by atoms with E-state index in [1.54, 1.807) is 11.3 Å². The van der Waals surface area contributed by atoms with Gasteiger partial charge in [0.25, 0.3) is 0 Å². The number of hydrogen-bond acceptors (Lipinski definition) is 3. The molecule has 2 aromatic rings. The van der Waals surface area contributed by atoms with Crippen LogP contribution < -0.4 is 11.1 Å². The van der Waals surface area contributed by atoms with E-state index in [4.69, 9.17) is 10.7 Å². The summed E-state index contributed by atoms with van der Waals surface area (Å²) < 4.78 is 0. The number of fused-ring (bicyclic) bond motifs is 1. The fourth-order valence-corrected chi connectivity index (χ4v) is 4.12. The maximum Gasteiger partial charge on any atom is 0.189 e. The van der Waals surface area contributed by atoms with E-state index in [0.717, 1.165) is 17.8 Å². The van der Waals surface area contributed by atoms with E-state index in [0.29, 0.717) is 24.5 Å². The first-order chi connectivity index (χ1) is 11.1. The third-order valence-electron chi connectivity index (χ3n) is 4.08. The van der Waals surface area contributed by atoms with Crippen LogP contribution in [0.5, 0.6) is 0 Å². The Labute approximate surface area is 141 Å². The summed E-state index contributed by atoms with van der Waals surface area (Å²) in [6.45, 7) is 4.67. The summed E-state index contributed by atoms with van der Waals surface area (Å²) in [5.41, 5.74) is 8.57. The van der Waals surface area contributed by atoms with E-state index in [9.17, 15) is 0 Å². The number of thiazole rings is 1. The largest absolute Gasteiger partial charge is 0.370 e. The highest BCUT2D eigenvalue weighted by atomic mass is 32.1. The third-order valence-corrected chi connectivity index (χ3v) is 5.18. The molecule has 3 rings (SSSR count). The summed E-state index contributed by atoms with van der Waals surface area (Å²) >= 11 is 1.79. The number of nitrogens with zero attached hydrogens (tertiary/aromatic N) is 2. The maximum atomic E-state index is 5.86. The predicted octanol–water partition coefficient (Wildman–Crippen LogP) is 3.23. The van der Waals surface area contributed by atoms with Gasteiger partial charge >= 0.3 is 0 Å². The number of nitrogens with one attached hydrogen (secondary N) is 1. The van der Waals surface area contributed by atoms with Crippen LogP contribution in [0.3, 0.4) is 0 Å². The van der Waals surface area contributed by atoms with Crippen molar-refractivity contribution in [1.82, 2.24) is 10.3 Å².